The van der Waals surface area contributed by atoms with Crippen LogP contribution in [0.15, 0.2) is 18.2 Å². The van der Waals surface area contributed by atoms with Crippen LogP contribution in [0.3, 0.4) is 0 Å². The Labute approximate surface area is 127 Å². The lowest BCUT2D eigenvalue weighted by molar-refractivity contribution is 0.293. The Kier molecular flexibility index (Phi) is 6.00. The number of nitrogens with zero attached hydrogens (tertiary/aromatic N) is 1. The van der Waals surface area contributed by atoms with Gasteiger partial charge >= 0.3 is 0 Å². The largest absolute Gasteiger partial charge is 0.496 e. The number of benzene rings is 1. The van der Waals surface area contributed by atoms with Crippen molar-refractivity contribution in [1.82, 2.24) is 10.2 Å². The molecule has 0 amide bonds. The Morgan fingerprint density at radius 1 is 1.43 bits per heavy atom. The van der Waals surface area contributed by atoms with E-state index in [9.17, 15) is 4.39 Å². The lowest BCUT2D eigenvalue weighted by Gasteiger charge is -2.24. The second kappa shape index (κ2) is 7.76. The zero-order valence-corrected chi connectivity index (χ0v) is 13.4. The molecule has 0 saturated heterocycles. The molecule has 1 saturated carbocycles. The third-order valence-corrected chi connectivity index (χ3v) is 4.16. The van der Waals surface area contributed by atoms with E-state index in [2.05, 4.69) is 24.2 Å². The van der Waals surface area contributed by atoms with Crippen molar-refractivity contribution in [1.29, 1.82) is 0 Å². The predicted octanol–water partition coefficient (Wildman–Crippen LogP) is 3.36. The summed E-state index contributed by atoms with van der Waals surface area (Å²) in [7, 11) is 3.76. The summed E-state index contributed by atoms with van der Waals surface area (Å²) in [4.78, 5) is 2.38. The molecule has 1 N–H and O–H groups in total. The molecule has 1 aliphatic carbocycles. The van der Waals surface area contributed by atoms with E-state index in [0.29, 0.717) is 11.3 Å². The normalized spacial score (nSPS) is 16.2. The fraction of sp³-hybridized carbons (Fsp3) is 0.647. The minimum Gasteiger partial charge on any atom is -0.496 e. The van der Waals surface area contributed by atoms with Gasteiger partial charge in [-0.1, -0.05) is 13.0 Å². The van der Waals surface area contributed by atoms with Crippen molar-refractivity contribution in [3.63, 3.8) is 0 Å². The summed E-state index contributed by atoms with van der Waals surface area (Å²) >= 11 is 0. The molecule has 1 unspecified atom stereocenters. The highest BCUT2D eigenvalue weighted by Crippen LogP contribution is 2.31. The fourth-order valence-corrected chi connectivity index (χ4v) is 2.73. The number of hydrogen-bond acceptors (Lipinski definition) is 3. The van der Waals surface area contributed by atoms with Crippen molar-refractivity contribution in [2.24, 2.45) is 0 Å². The molecule has 1 aromatic rings. The van der Waals surface area contributed by atoms with Gasteiger partial charge in [-0.2, -0.15) is 0 Å². The Morgan fingerprint density at radius 2 is 2.19 bits per heavy atom. The molecule has 4 heteroatoms. The van der Waals surface area contributed by atoms with Crippen LogP contribution in [0.5, 0.6) is 5.75 Å². The Morgan fingerprint density at radius 3 is 2.81 bits per heavy atom. The molecule has 1 aliphatic rings. The predicted molar refractivity (Wildman–Crippen MR) is 84.3 cm³/mol. The van der Waals surface area contributed by atoms with Gasteiger partial charge in [-0.25, -0.2) is 4.39 Å². The van der Waals surface area contributed by atoms with Crippen LogP contribution in [0, 0.1) is 5.82 Å². The highest BCUT2D eigenvalue weighted by Gasteiger charge is 2.27. The van der Waals surface area contributed by atoms with Gasteiger partial charge in [0, 0.05) is 17.6 Å². The van der Waals surface area contributed by atoms with E-state index in [0.717, 1.165) is 32.0 Å². The van der Waals surface area contributed by atoms with Gasteiger partial charge in [0.1, 0.15) is 11.6 Å². The van der Waals surface area contributed by atoms with Gasteiger partial charge < -0.3 is 15.0 Å². The maximum Gasteiger partial charge on any atom is 0.131 e. The third kappa shape index (κ3) is 4.42. The summed E-state index contributed by atoms with van der Waals surface area (Å²) in [6, 6.07) is 5.79. The first kappa shape index (κ1) is 16.2. The average Bonchev–Trinajstić information content (AvgIpc) is 3.32. The quantitative estimate of drug-likeness (QED) is 0.756. The zero-order valence-electron chi connectivity index (χ0n) is 13.4. The number of halogens is 1. The summed E-state index contributed by atoms with van der Waals surface area (Å²) in [5.41, 5.74) is 0.664. The first-order valence-electron chi connectivity index (χ1n) is 7.93. The molecule has 0 heterocycles. The Bertz CT molecular complexity index is 448. The third-order valence-electron chi connectivity index (χ3n) is 4.16. The molecule has 0 radical (unpaired) electrons. The van der Waals surface area contributed by atoms with Gasteiger partial charge in [-0.3, -0.25) is 0 Å². The number of ether oxygens (including phenoxy) is 1. The van der Waals surface area contributed by atoms with Crippen molar-refractivity contribution < 1.29 is 9.13 Å². The number of methoxy groups -OCH3 is 1. The lowest BCUT2D eigenvalue weighted by atomic mass is 10.0. The molecule has 0 aromatic heterocycles. The Hall–Kier alpha value is -1.13. The second-order valence-electron chi connectivity index (χ2n) is 5.86. The molecule has 0 spiro atoms. The van der Waals surface area contributed by atoms with E-state index >= 15 is 0 Å². The van der Waals surface area contributed by atoms with Crippen molar-refractivity contribution in [3.05, 3.63) is 29.6 Å². The molecule has 2 rings (SSSR count). The molecule has 0 aliphatic heterocycles. The molecule has 1 aromatic carbocycles. The van der Waals surface area contributed by atoms with Gasteiger partial charge in [0.2, 0.25) is 0 Å². The SMILES string of the molecule is CCCNC(CCN(C)C1CC1)c1c(F)cccc1OC. The van der Waals surface area contributed by atoms with Gasteiger partial charge in [-0.15, -0.1) is 0 Å². The van der Waals surface area contributed by atoms with Crippen LogP contribution < -0.4 is 10.1 Å². The molecular formula is C17H27FN2O. The Balaban J connectivity index is 2.10. The molecule has 1 fully saturated rings. The minimum absolute atomic E-state index is 0.00213. The monoisotopic (exact) mass is 294 g/mol. The lowest BCUT2D eigenvalue weighted by Crippen LogP contribution is -2.29. The molecular weight excluding hydrogens is 267 g/mol. The van der Waals surface area contributed by atoms with Crippen molar-refractivity contribution in [3.8, 4) is 5.75 Å². The summed E-state index contributed by atoms with van der Waals surface area (Å²) in [5.74, 6) is 0.453. The average molecular weight is 294 g/mol. The van der Waals surface area contributed by atoms with E-state index in [4.69, 9.17) is 4.74 Å². The molecule has 3 nitrogen and oxygen atoms in total. The van der Waals surface area contributed by atoms with Crippen molar-refractivity contribution in [2.75, 3.05) is 27.2 Å². The number of hydrogen-bond donors (Lipinski definition) is 1. The van der Waals surface area contributed by atoms with Gasteiger partial charge in [0.05, 0.1) is 7.11 Å². The van der Waals surface area contributed by atoms with E-state index in [-0.39, 0.29) is 11.9 Å². The molecule has 1 atom stereocenters. The van der Waals surface area contributed by atoms with Crippen LogP contribution in [0.1, 0.15) is 44.2 Å². The smallest absolute Gasteiger partial charge is 0.131 e. The maximum atomic E-state index is 14.3. The fourth-order valence-electron chi connectivity index (χ4n) is 2.73. The summed E-state index contributed by atoms with van der Waals surface area (Å²) < 4.78 is 19.6. The van der Waals surface area contributed by atoms with Crippen LogP contribution in [0.25, 0.3) is 0 Å². The summed E-state index contributed by atoms with van der Waals surface area (Å²) in [6.45, 7) is 3.98. The topological polar surface area (TPSA) is 24.5 Å². The van der Waals surface area contributed by atoms with Crippen LogP contribution in [0.4, 0.5) is 4.39 Å². The first-order chi connectivity index (χ1) is 10.2. The second-order valence-corrected chi connectivity index (χ2v) is 5.86. The first-order valence-corrected chi connectivity index (χ1v) is 7.93. The standard InChI is InChI=1S/C17H27FN2O/c1-4-11-19-15(10-12-20(2)13-8-9-13)17-14(18)6-5-7-16(17)21-3/h5-7,13,15,19H,4,8-12H2,1-3H3. The molecule has 0 bridgehead atoms. The number of nitrogens with one attached hydrogen (secondary N) is 1. The summed E-state index contributed by atoms with van der Waals surface area (Å²) in [6.07, 6.45) is 4.52. The van der Waals surface area contributed by atoms with Crippen LogP contribution in [-0.4, -0.2) is 38.2 Å². The van der Waals surface area contributed by atoms with Crippen LogP contribution in [-0.2, 0) is 0 Å². The van der Waals surface area contributed by atoms with E-state index in [1.807, 2.05) is 6.07 Å². The highest BCUT2D eigenvalue weighted by molar-refractivity contribution is 5.37. The highest BCUT2D eigenvalue weighted by atomic mass is 19.1. The van der Waals surface area contributed by atoms with Crippen LogP contribution in [0.2, 0.25) is 0 Å². The zero-order chi connectivity index (χ0) is 15.2. The summed E-state index contributed by atoms with van der Waals surface area (Å²) in [5, 5.41) is 3.47. The van der Waals surface area contributed by atoms with E-state index < -0.39 is 0 Å². The molecule has 21 heavy (non-hydrogen) atoms. The van der Waals surface area contributed by atoms with Gasteiger partial charge in [0.25, 0.3) is 0 Å². The van der Waals surface area contributed by atoms with Gasteiger partial charge in [0.15, 0.2) is 0 Å². The van der Waals surface area contributed by atoms with Crippen LogP contribution >= 0.6 is 0 Å². The van der Waals surface area contributed by atoms with Crippen molar-refractivity contribution in [2.45, 2.75) is 44.7 Å². The number of rotatable bonds is 9. The maximum absolute atomic E-state index is 14.3. The minimum atomic E-state index is -0.183. The molecule has 118 valence electrons. The van der Waals surface area contributed by atoms with E-state index in [1.165, 1.54) is 18.9 Å². The van der Waals surface area contributed by atoms with Crippen molar-refractivity contribution >= 4 is 0 Å². The van der Waals surface area contributed by atoms with E-state index in [1.54, 1.807) is 13.2 Å². The van der Waals surface area contributed by atoms with Gasteiger partial charge in [-0.05, 0) is 58.0 Å².